The molecule has 0 saturated carbocycles. The molecular formula is C28H38N2O4. The first-order chi connectivity index (χ1) is 16.3. The topological polar surface area (TPSA) is 63.9 Å². The first-order valence-corrected chi connectivity index (χ1v) is 12.1. The van der Waals surface area contributed by atoms with Gasteiger partial charge in [0.25, 0.3) is 0 Å². The minimum Gasteiger partial charge on any atom is -0.496 e. The first-order valence-electron chi connectivity index (χ1n) is 12.1. The summed E-state index contributed by atoms with van der Waals surface area (Å²) in [6, 6.07) is 13.2. The molecule has 2 heterocycles. The van der Waals surface area contributed by atoms with Crippen LogP contribution in [0.3, 0.4) is 0 Å². The second-order valence-corrected chi connectivity index (χ2v) is 9.06. The van der Waals surface area contributed by atoms with E-state index in [1.165, 1.54) is 22.0 Å². The number of likely N-dealkylation sites (tertiary alicyclic amines) is 1. The van der Waals surface area contributed by atoms with Crippen molar-refractivity contribution in [2.75, 3.05) is 26.8 Å². The lowest BCUT2D eigenvalue weighted by Gasteiger charge is -2.32. The lowest BCUT2D eigenvalue weighted by Crippen LogP contribution is -2.36. The van der Waals surface area contributed by atoms with E-state index in [0.717, 1.165) is 44.8 Å². The molecule has 6 heteroatoms. The number of benzene rings is 2. The molecule has 0 atom stereocenters. The Morgan fingerprint density at radius 2 is 1.82 bits per heavy atom. The smallest absolute Gasteiger partial charge is 0.335 e. The molecule has 3 aromatic rings. The summed E-state index contributed by atoms with van der Waals surface area (Å²) in [7, 11) is 1.78. The number of aromatic carboxylic acids is 1. The van der Waals surface area contributed by atoms with E-state index < -0.39 is 5.97 Å². The van der Waals surface area contributed by atoms with Crippen molar-refractivity contribution in [2.24, 2.45) is 0 Å². The maximum atomic E-state index is 10.2. The molecule has 2 aromatic carbocycles. The molecule has 34 heavy (non-hydrogen) atoms. The average Bonchev–Trinajstić information content (AvgIpc) is 3.29. The summed E-state index contributed by atoms with van der Waals surface area (Å²) < 4.78 is 13.9. The molecule has 6 nitrogen and oxygen atoms in total. The Labute approximate surface area is 203 Å². The lowest BCUT2D eigenvalue weighted by atomic mass is 10.0. The average molecular weight is 467 g/mol. The lowest BCUT2D eigenvalue weighted by molar-refractivity contribution is 0.0125. The highest BCUT2D eigenvalue weighted by atomic mass is 16.5. The Morgan fingerprint density at radius 3 is 2.35 bits per heavy atom. The van der Waals surface area contributed by atoms with E-state index in [9.17, 15) is 4.79 Å². The Bertz CT molecular complexity index is 1070. The van der Waals surface area contributed by atoms with E-state index in [1.54, 1.807) is 37.4 Å². The number of fused-ring (bicyclic) bond motifs is 1. The van der Waals surface area contributed by atoms with Crippen molar-refractivity contribution in [1.29, 1.82) is 0 Å². The molecule has 0 bridgehead atoms. The fourth-order valence-electron chi connectivity index (χ4n) is 4.64. The van der Waals surface area contributed by atoms with Gasteiger partial charge < -0.3 is 19.1 Å². The van der Waals surface area contributed by atoms with Gasteiger partial charge in [0.2, 0.25) is 0 Å². The Balaban J connectivity index is 0.000000302. The maximum Gasteiger partial charge on any atom is 0.335 e. The number of hydrogen-bond donors (Lipinski definition) is 1. The van der Waals surface area contributed by atoms with Crippen LogP contribution in [0.25, 0.3) is 10.9 Å². The monoisotopic (exact) mass is 466 g/mol. The SMILES string of the molecule is CCOC1CCN(Cc2c(OC)cc(C)c3c2ccn3C(C)C)CC1.O=C(O)c1ccccc1. The van der Waals surface area contributed by atoms with Crippen molar-refractivity contribution in [1.82, 2.24) is 9.47 Å². The molecule has 0 unspecified atom stereocenters. The number of hydrogen-bond acceptors (Lipinski definition) is 4. The molecule has 1 saturated heterocycles. The van der Waals surface area contributed by atoms with Gasteiger partial charge in [-0.2, -0.15) is 0 Å². The summed E-state index contributed by atoms with van der Waals surface area (Å²) in [5.74, 6) is 0.133. The van der Waals surface area contributed by atoms with Gasteiger partial charge in [0.1, 0.15) is 5.75 Å². The number of ether oxygens (including phenoxy) is 2. The van der Waals surface area contributed by atoms with Gasteiger partial charge in [0.15, 0.2) is 0 Å². The van der Waals surface area contributed by atoms with Gasteiger partial charge in [-0.25, -0.2) is 4.79 Å². The number of rotatable bonds is 7. The molecule has 1 aliphatic rings. The predicted octanol–water partition coefficient (Wildman–Crippen LogP) is 5.92. The molecule has 1 aliphatic heterocycles. The third kappa shape index (κ3) is 6.19. The zero-order valence-electron chi connectivity index (χ0n) is 21.1. The van der Waals surface area contributed by atoms with Crippen LogP contribution in [0.5, 0.6) is 5.75 Å². The van der Waals surface area contributed by atoms with Gasteiger partial charge in [-0.15, -0.1) is 0 Å². The van der Waals surface area contributed by atoms with Crippen LogP contribution in [0, 0.1) is 6.92 Å². The van der Waals surface area contributed by atoms with E-state index >= 15 is 0 Å². The van der Waals surface area contributed by atoms with E-state index in [0.29, 0.717) is 17.7 Å². The molecule has 0 radical (unpaired) electrons. The number of carboxylic acid groups (broad SMARTS) is 1. The van der Waals surface area contributed by atoms with Gasteiger partial charge in [-0.3, -0.25) is 4.90 Å². The summed E-state index contributed by atoms with van der Waals surface area (Å²) in [6.45, 7) is 12.7. The highest BCUT2D eigenvalue weighted by molar-refractivity contribution is 5.89. The van der Waals surface area contributed by atoms with Crippen LogP contribution in [0.2, 0.25) is 0 Å². The van der Waals surface area contributed by atoms with Crippen LogP contribution in [0.1, 0.15) is 61.1 Å². The number of aryl methyl sites for hydroxylation is 1. The normalized spacial score (nSPS) is 14.8. The number of carbonyl (C=O) groups is 1. The van der Waals surface area contributed by atoms with Gasteiger partial charge in [-0.1, -0.05) is 18.2 Å². The minimum atomic E-state index is -0.879. The molecule has 0 amide bonds. The largest absolute Gasteiger partial charge is 0.496 e. The van der Waals surface area contributed by atoms with Gasteiger partial charge in [0.05, 0.1) is 24.3 Å². The standard InChI is InChI=1S/C21H32N2O2.C7H6O2/c1-6-25-17-7-10-22(11-8-17)14-19-18-9-12-23(15(2)3)21(18)16(4)13-20(19)24-5;8-7(9)6-4-2-1-3-5-6/h9,12-13,15,17H,6-8,10-11,14H2,1-5H3;1-5H,(H,8,9). The number of methoxy groups -OCH3 is 1. The zero-order valence-corrected chi connectivity index (χ0v) is 21.1. The van der Waals surface area contributed by atoms with Crippen molar-refractivity contribution >= 4 is 16.9 Å². The van der Waals surface area contributed by atoms with Gasteiger partial charge >= 0.3 is 5.97 Å². The summed E-state index contributed by atoms with van der Waals surface area (Å²) >= 11 is 0. The van der Waals surface area contributed by atoms with Crippen molar-refractivity contribution in [3.63, 3.8) is 0 Å². The van der Waals surface area contributed by atoms with Crippen molar-refractivity contribution in [3.8, 4) is 5.75 Å². The van der Waals surface area contributed by atoms with Crippen LogP contribution < -0.4 is 4.74 Å². The minimum absolute atomic E-state index is 0.331. The van der Waals surface area contributed by atoms with E-state index in [2.05, 4.69) is 55.5 Å². The van der Waals surface area contributed by atoms with Crippen LogP contribution >= 0.6 is 0 Å². The molecular weight excluding hydrogens is 428 g/mol. The Morgan fingerprint density at radius 1 is 1.15 bits per heavy atom. The summed E-state index contributed by atoms with van der Waals surface area (Å²) in [5.41, 5.74) is 4.27. The predicted molar refractivity (Wildman–Crippen MR) is 137 cm³/mol. The molecule has 1 aromatic heterocycles. The Hall–Kier alpha value is -2.83. The van der Waals surface area contributed by atoms with Crippen molar-refractivity contribution in [2.45, 2.75) is 59.2 Å². The fraction of sp³-hybridized carbons (Fsp3) is 0.464. The quantitative estimate of drug-likeness (QED) is 0.468. The van der Waals surface area contributed by atoms with E-state index in [-0.39, 0.29) is 0 Å². The first kappa shape index (κ1) is 25.8. The highest BCUT2D eigenvalue weighted by Gasteiger charge is 2.22. The molecule has 1 fully saturated rings. The summed E-state index contributed by atoms with van der Waals surface area (Å²) in [4.78, 5) is 12.7. The Kier molecular flexibility index (Phi) is 9.13. The van der Waals surface area contributed by atoms with Crippen LogP contribution in [-0.4, -0.2) is 53.5 Å². The second kappa shape index (κ2) is 12.0. The number of carboxylic acids is 1. The molecule has 1 N–H and O–H groups in total. The van der Waals surface area contributed by atoms with E-state index in [1.807, 2.05) is 0 Å². The molecule has 0 spiro atoms. The molecule has 184 valence electrons. The van der Waals surface area contributed by atoms with E-state index in [4.69, 9.17) is 14.6 Å². The molecule has 4 rings (SSSR count). The second-order valence-electron chi connectivity index (χ2n) is 9.06. The molecule has 0 aliphatic carbocycles. The highest BCUT2D eigenvalue weighted by Crippen LogP contribution is 2.34. The maximum absolute atomic E-state index is 10.2. The van der Waals surface area contributed by atoms with Crippen molar-refractivity contribution in [3.05, 3.63) is 65.4 Å². The number of aromatic nitrogens is 1. The van der Waals surface area contributed by atoms with Crippen LogP contribution in [-0.2, 0) is 11.3 Å². The van der Waals surface area contributed by atoms with Crippen LogP contribution in [0.4, 0.5) is 0 Å². The van der Waals surface area contributed by atoms with Crippen molar-refractivity contribution < 1.29 is 19.4 Å². The zero-order chi connectivity index (χ0) is 24.7. The third-order valence-electron chi connectivity index (χ3n) is 6.37. The summed E-state index contributed by atoms with van der Waals surface area (Å²) in [6.07, 6.45) is 4.89. The summed E-state index contributed by atoms with van der Waals surface area (Å²) in [5, 5.41) is 9.72. The number of nitrogens with zero attached hydrogens (tertiary/aromatic N) is 2. The van der Waals surface area contributed by atoms with Crippen LogP contribution in [0.15, 0.2) is 48.7 Å². The van der Waals surface area contributed by atoms with Gasteiger partial charge in [-0.05, 0) is 70.4 Å². The number of piperidine rings is 1. The van der Waals surface area contributed by atoms with Gasteiger partial charge in [0, 0.05) is 49.4 Å². The third-order valence-corrected chi connectivity index (χ3v) is 6.37. The fourth-order valence-corrected chi connectivity index (χ4v) is 4.64.